The van der Waals surface area contributed by atoms with Crippen molar-refractivity contribution < 1.29 is 44.3 Å². The van der Waals surface area contributed by atoms with Crippen LogP contribution in [-0.4, -0.2) is 32.1 Å². The first kappa shape index (κ1) is 24.3. The first-order valence-electron chi connectivity index (χ1n) is 9.51. The van der Waals surface area contributed by atoms with Crippen molar-refractivity contribution in [3.05, 3.63) is 66.4 Å². The van der Waals surface area contributed by atoms with Crippen LogP contribution >= 0.6 is 0 Å². The van der Waals surface area contributed by atoms with Crippen molar-refractivity contribution in [2.45, 2.75) is 18.5 Å². The Bertz CT molecular complexity index is 1360. The predicted octanol–water partition coefficient (Wildman–Crippen LogP) is 6.44. The molecule has 5 nitrogen and oxygen atoms in total. The monoisotopic (exact) mass is 506 g/mol. The molecule has 0 aliphatic heterocycles. The van der Waals surface area contributed by atoms with Gasteiger partial charge in [0.2, 0.25) is 0 Å². The maximum atomic E-state index is 13.8. The van der Waals surface area contributed by atoms with Crippen molar-refractivity contribution in [3.8, 4) is 28.3 Å². The van der Waals surface area contributed by atoms with Crippen LogP contribution in [0.25, 0.3) is 28.2 Å². The summed E-state index contributed by atoms with van der Waals surface area (Å²) in [5.41, 5.74) is -3.44. The summed E-state index contributed by atoms with van der Waals surface area (Å²) in [6.07, 6.45) is -11.3. The Morgan fingerprint density at radius 2 is 1.49 bits per heavy atom. The summed E-state index contributed by atoms with van der Waals surface area (Å²) in [6.45, 7) is -2.03. The number of alkyl halides is 9. The molecular formula is C21H11F9N4O. The zero-order valence-corrected chi connectivity index (χ0v) is 17.0. The highest BCUT2D eigenvalue weighted by molar-refractivity contribution is 5.76. The topological polar surface area (TPSA) is 52.3 Å². The van der Waals surface area contributed by atoms with Crippen molar-refractivity contribution >= 4 is 5.65 Å². The van der Waals surface area contributed by atoms with Crippen LogP contribution in [0.2, 0.25) is 0 Å². The van der Waals surface area contributed by atoms with Crippen molar-refractivity contribution in [1.82, 2.24) is 19.4 Å². The van der Waals surface area contributed by atoms with Gasteiger partial charge in [-0.2, -0.15) is 39.5 Å². The number of hydrogen-bond donors (Lipinski definition) is 0. The molecule has 3 aromatic heterocycles. The number of fused-ring (bicyclic) bond motifs is 1. The van der Waals surface area contributed by atoms with E-state index in [1.54, 1.807) is 0 Å². The molecule has 0 radical (unpaired) electrons. The van der Waals surface area contributed by atoms with Crippen molar-refractivity contribution in [3.63, 3.8) is 0 Å². The van der Waals surface area contributed by atoms with Crippen LogP contribution < -0.4 is 4.74 Å². The maximum absolute atomic E-state index is 13.8. The van der Waals surface area contributed by atoms with E-state index in [0.717, 1.165) is 12.4 Å². The molecule has 1 aromatic carbocycles. The molecule has 0 unspecified atom stereocenters. The van der Waals surface area contributed by atoms with Crippen LogP contribution in [0.5, 0.6) is 5.75 Å². The lowest BCUT2D eigenvalue weighted by Crippen LogP contribution is -2.21. The average Bonchev–Trinajstić information content (AvgIpc) is 3.19. The Morgan fingerprint density at radius 3 is 2.09 bits per heavy atom. The quantitative estimate of drug-likeness (QED) is 0.299. The fourth-order valence-electron chi connectivity index (χ4n) is 3.25. The molecule has 0 N–H and O–H groups in total. The number of nitrogens with zero attached hydrogens (tertiary/aromatic N) is 4. The summed E-state index contributed by atoms with van der Waals surface area (Å²) in [5, 5.41) is 0. The highest BCUT2D eigenvalue weighted by atomic mass is 19.4. The summed E-state index contributed by atoms with van der Waals surface area (Å²) < 4.78 is 124. The first-order valence-corrected chi connectivity index (χ1v) is 9.51. The molecule has 0 bridgehead atoms. The van der Waals surface area contributed by atoms with Crippen molar-refractivity contribution in [2.24, 2.45) is 0 Å². The van der Waals surface area contributed by atoms with Gasteiger partial charge in [0, 0.05) is 23.5 Å². The second-order valence-corrected chi connectivity index (χ2v) is 7.16. The number of benzene rings is 1. The van der Waals surface area contributed by atoms with Crippen molar-refractivity contribution in [2.75, 3.05) is 6.61 Å². The number of hydrogen-bond acceptors (Lipinski definition) is 4. The molecule has 0 aliphatic rings. The molecule has 0 saturated heterocycles. The van der Waals surface area contributed by atoms with Crippen LogP contribution in [0, 0.1) is 0 Å². The fraction of sp³-hybridized carbons (Fsp3) is 0.190. The predicted molar refractivity (Wildman–Crippen MR) is 103 cm³/mol. The summed E-state index contributed by atoms with van der Waals surface area (Å²) >= 11 is 0. The van der Waals surface area contributed by atoms with E-state index >= 15 is 0 Å². The Morgan fingerprint density at radius 1 is 0.800 bits per heavy atom. The van der Waals surface area contributed by atoms with Crippen LogP contribution in [0.3, 0.4) is 0 Å². The lowest BCUT2D eigenvalue weighted by molar-refractivity contribution is -0.158. The minimum Gasteiger partial charge on any atom is -0.483 e. The third-order valence-corrected chi connectivity index (χ3v) is 4.72. The minimum atomic E-state index is -5.08. The van der Waals surface area contributed by atoms with E-state index in [1.165, 1.54) is 24.5 Å². The molecule has 0 fully saturated rings. The van der Waals surface area contributed by atoms with Crippen LogP contribution in [0.1, 0.15) is 11.3 Å². The van der Waals surface area contributed by atoms with Crippen LogP contribution in [0.15, 0.2) is 55.1 Å². The number of imidazole rings is 1. The Balaban J connectivity index is 1.92. The van der Waals surface area contributed by atoms with Gasteiger partial charge >= 0.3 is 18.5 Å². The number of halogens is 9. The number of ether oxygens (including phenoxy) is 1. The number of aromatic nitrogens is 4. The Labute approximate surface area is 189 Å². The van der Waals surface area contributed by atoms with Gasteiger partial charge in [-0.3, -0.25) is 9.38 Å². The zero-order chi connectivity index (χ0) is 25.6. The number of rotatable bonds is 4. The van der Waals surface area contributed by atoms with Gasteiger partial charge in [0.25, 0.3) is 0 Å². The molecular weight excluding hydrogens is 495 g/mol. The Hall–Kier alpha value is -3.84. The standard InChI is InChI=1S/C21H11F9N4O/c22-19(23,24)9-35-15-7-12(1-2-13(15)20(25,26)27)14-8-16(21(28,29)30)34-10-32-17(18(34)33-14)11-3-5-31-6-4-11/h1-8,10H,9H2. The summed E-state index contributed by atoms with van der Waals surface area (Å²) in [5.74, 6) is -1.20. The molecule has 0 aliphatic carbocycles. The molecule has 0 spiro atoms. The summed E-state index contributed by atoms with van der Waals surface area (Å²) in [6, 6.07) is 5.26. The normalized spacial score (nSPS) is 12.8. The van der Waals surface area contributed by atoms with Gasteiger partial charge in [-0.1, -0.05) is 6.07 Å². The third-order valence-electron chi connectivity index (χ3n) is 4.72. The van der Waals surface area contributed by atoms with Gasteiger partial charge in [0.15, 0.2) is 12.3 Å². The zero-order valence-electron chi connectivity index (χ0n) is 17.0. The van der Waals surface area contributed by atoms with E-state index in [2.05, 4.69) is 19.7 Å². The van der Waals surface area contributed by atoms with E-state index in [4.69, 9.17) is 0 Å². The average molecular weight is 506 g/mol. The molecule has 35 heavy (non-hydrogen) atoms. The minimum absolute atomic E-state index is 0.0280. The molecule has 14 heteroatoms. The lowest BCUT2D eigenvalue weighted by atomic mass is 10.1. The second kappa shape index (κ2) is 8.43. The van der Waals surface area contributed by atoms with Gasteiger partial charge in [-0.15, -0.1) is 0 Å². The maximum Gasteiger partial charge on any atom is 0.431 e. The van der Waals surface area contributed by atoms with Gasteiger partial charge in [-0.25, -0.2) is 9.97 Å². The van der Waals surface area contributed by atoms with Crippen LogP contribution in [0.4, 0.5) is 39.5 Å². The van der Waals surface area contributed by atoms with Gasteiger partial charge in [-0.05, 0) is 30.3 Å². The molecule has 3 heterocycles. The molecule has 0 saturated carbocycles. The summed E-state index contributed by atoms with van der Waals surface area (Å²) in [4.78, 5) is 11.9. The largest absolute Gasteiger partial charge is 0.483 e. The first-order chi connectivity index (χ1) is 16.2. The second-order valence-electron chi connectivity index (χ2n) is 7.16. The van der Waals surface area contributed by atoms with E-state index < -0.39 is 47.8 Å². The van der Waals surface area contributed by atoms with E-state index in [1.807, 2.05) is 0 Å². The highest BCUT2D eigenvalue weighted by Gasteiger charge is 2.38. The SMILES string of the molecule is FC(F)(F)COc1cc(-c2cc(C(F)(F)F)n3cnc(-c4ccncc4)c3n2)ccc1C(F)(F)F. The Kier molecular flexibility index (Phi) is 5.85. The molecule has 4 aromatic rings. The summed E-state index contributed by atoms with van der Waals surface area (Å²) in [7, 11) is 0. The molecule has 0 atom stereocenters. The fourth-order valence-corrected chi connectivity index (χ4v) is 3.25. The molecule has 184 valence electrons. The lowest BCUT2D eigenvalue weighted by Gasteiger charge is -2.17. The number of pyridine rings is 1. The smallest absolute Gasteiger partial charge is 0.431 e. The van der Waals surface area contributed by atoms with Gasteiger partial charge in [0.1, 0.15) is 23.5 Å². The van der Waals surface area contributed by atoms with E-state index in [0.29, 0.717) is 28.2 Å². The third kappa shape index (κ3) is 5.15. The molecule has 4 rings (SSSR count). The highest BCUT2D eigenvalue weighted by Crippen LogP contribution is 2.40. The molecule has 0 amide bonds. The van der Waals surface area contributed by atoms with E-state index in [-0.39, 0.29) is 16.9 Å². The van der Waals surface area contributed by atoms with Crippen molar-refractivity contribution in [1.29, 1.82) is 0 Å². The van der Waals surface area contributed by atoms with E-state index in [9.17, 15) is 39.5 Å². The van der Waals surface area contributed by atoms with Gasteiger partial charge in [0.05, 0.1) is 11.3 Å². The van der Waals surface area contributed by atoms with Gasteiger partial charge < -0.3 is 4.74 Å². The van der Waals surface area contributed by atoms with Crippen LogP contribution in [-0.2, 0) is 12.4 Å².